The molecule has 0 radical (unpaired) electrons. The van der Waals surface area contributed by atoms with Gasteiger partial charge in [0.25, 0.3) is 0 Å². The van der Waals surface area contributed by atoms with E-state index in [-0.39, 0.29) is 42.2 Å². The Labute approximate surface area is 245 Å². The molecule has 5 atom stereocenters. The maximum Gasteiger partial charge on any atom is 0.194 e. The fraction of sp³-hybridized carbons (Fsp3) is 0.576. The number of ether oxygens (including phenoxy) is 3. The number of likely N-dealkylation sites (N-methyl/N-ethyl adjacent to an activating group) is 1. The Kier molecular flexibility index (Phi) is 12.3. The summed E-state index contributed by atoms with van der Waals surface area (Å²) >= 11 is 0. The number of hydrogen-bond acceptors (Lipinski definition) is 7. The van der Waals surface area contributed by atoms with Crippen LogP contribution in [0.2, 0.25) is 0 Å². The van der Waals surface area contributed by atoms with Crippen LogP contribution < -0.4 is 10.6 Å². The quantitative estimate of drug-likeness (QED) is 0.185. The van der Waals surface area contributed by atoms with Gasteiger partial charge in [-0.15, -0.1) is 0 Å². The van der Waals surface area contributed by atoms with Crippen molar-refractivity contribution in [1.82, 2.24) is 10.6 Å². The van der Waals surface area contributed by atoms with E-state index >= 15 is 0 Å². The molecule has 7 nitrogen and oxygen atoms in total. The van der Waals surface area contributed by atoms with Gasteiger partial charge in [0.2, 0.25) is 0 Å². The number of ketones is 1. The van der Waals surface area contributed by atoms with E-state index in [9.17, 15) is 9.18 Å². The number of allylic oxidation sites excluding steroid dienone is 3. The molecule has 0 amide bonds. The van der Waals surface area contributed by atoms with Crippen LogP contribution in [0.1, 0.15) is 58.1 Å². The SMILES string of the molecule is C=C(Cc1cccc(C(=N)C(=O)CNC2COC(C(C)(CC)CF)C2)c1)C1C=C(NCC)C=C(OC)C(OCC)C1. The fourth-order valence-electron chi connectivity index (χ4n) is 5.45. The molecule has 8 heteroatoms. The molecule has 0 spiro atoms. The van der Waals surface area contributed by atoms with E-state index in [1.807, 2.05) is 45.0 Å². The van der Waals surface area contributed by atoms with Gasteiger partial charge in [-0.1, -0.05) is 50.3 Å². The number of benzene rings is 1. The van der Waals surface area contributed by atoms with Crippen molar-refractivity contribution >= 4 is 11.5 Å². The Balaban J connectivity index is 1.62. The predicted octanol–water partition coefficient (Wildman–Crippen LogP) is 5.30. The number of rotatable bonds is 16. The van der Waals surface area contributed by atoms with Crippen LogP contribution in [0.15, 0.2) is 60.0 Å². The van der Waals surface area contributed by atoms with Crippen LogP contribution in [-0.2, 0) is 25.4 Å². The number of alkyl halides is 1. The van der Waals surface area contributed by atoms with E-state index in [2.05, 4.69) is 30.2 Å². The first-order chi connectivity index (χ1) is 19.7. The van der Waals surface area contributed by atoms with Crippen molar-refractivity contribution in [1.29, 1.82) is 5.41 Å². The van der Waals surface area contributed by atoms with Crippen molar-refractivity contribution < 1.29 is 23.4 Å². The van der Waals surface area contributed by atoms with Gasteiger partial charge in [0.15, 0.2) is 5.78 Å². The van der Waals surface area contributed by atoms with Crippen LogP contribution in [0, 0.1) is 16.7 Å². The number of halogens is 1. The van der Waals surface area contributed by atoms with Crippen LogP contribution in [-0.4, -0.2) is 69.8 Å². The molecular formula is C33H48FN3O4. The highest BCUT2D eigenvalue weighted by Crippen LogP contribution is 2.35. The third-order valence-electron chi connectivity index (χ3n) is 8.34. The summed E-state index contributed by atoms with van der Waals surface area (Å²) in [5.74, 6) is 0.564. The second-order valence-corrected chi connectivity index (χ2v) is 11.3. The van der Waals surface area contributed by atoms with Gasteiger partial charge < -0.3 is 24.8 Å². The minimum absolute atomic E-state index is 0.0304. The Bertz CT molecular complexity index is 1130. The minimum atomic E-state index is -0.509. The van der Waals surface area contributed by atoms with E-state index in [0.29, 0.717) is 38.0 Å². The van der Waals surface area contributed by atoms with Gasteiger partial charge in [-0.05, 0) is 51.2 Å². The summed E-state index contributed by atoms with van der Waals surface area (Å²) < 4.78 is 31.1. The molecule has 1 saturated heterocycles. The van der Waals surface area contributed by atoms with Gasteiger partial charge in [-0.3, -0.25) is 14.6 Å². The van der Waals surface area contributed by atoms with E-state index in [4.69, 9.17) is 19.6 Å². The Morgan fingerprint density at radius 1 is 1.27 bits per heavy atom. The minimum Gasteiger partial charge on any atom is -0.498 e. The standard InChI is InChI=1S/C33H48FN3O4/c1-7-33(5,21-34)31-18-27(20-41-31)37-19-28(38)32(35)24-12-10-11-23(14-24)13-22(4)25-15-26(36-8-2)17-29(39-6)30(16-25)40-9-3/h10-12,14-15,17,25,27,30-31,35-37H,4,7-9,13,16,18-21H2,1-3,5-6H3. The van der Waals surface area contributed by atoms with Gasteiger partial charge >= 0.3 is 0 Å². The first-order valence-corrected chi connectivity index (χ1v) is 14.8. The van der Waals surface area contributed by atoms with Crippen molar-refractivity contribution in [2.45, 2.75) is 71.6 Å². The Morgan fingerprint density at radius 2 is 2.05 bits per heavy atom. The Morgan fingerprint density at radius 3 is 2.71 bits per heavy atom. The molecule has 41 heavy (non-hydrogen) atoms. The zero-order valence-electron chi connectivity index (χ0n) is 25.4. The molecular weight excluding hydrogens is 521 g/mol. The lowest BCUT2D eigenvalue weighted by molar-refractivity contribution is -0.112. The zero-order chi connectivity index (χ0) is 30.0. The average Bonchev–Trinajstić information content (AvgIpc) is 3.39. The van der Waals surface area contributed by atoms with Crippen molar-refractivity contribution in [3.8, 4) is 0 Å². The van der Waals surface area contributed by atoms with Crippen LogP contribution in [0.3, 0.4) is 0 Å². The molecule has 226 valence electrons. The van der Waals surface area contributed by atoms with E-state index in [1.165, 1.54) is 0 Å². The molecule has 1 aliphatic heterocycles. The van der Waals surface area contributed by atoms with Crippen molar-refractivity contribution in [2.75, 3.05) is 40.1 Å². The summed E-state index contributed by atoms with van der Waals surface area (Å²) in [5, 5.41) is 15.2. The Hall–Kier alpha value is -2.81. The van der Waals surface area contributed by atoms with Crippen molar-refractivity contribution in [3.05, 3.63) is 71.2 Å². The highest BCUT2D eigenvalue weighted by Gasteiger charge is 2.39. The van der Waals surface area contributed by atoms with Crippen molar-refractivity contribution in [3.63, 3.8) is 0 Å². The predicted molar refractivity (Wildman–Crippen MR) is 162 cm³/mol. The number of nitrogens with one attached hydrogen (secondary N) is 3. The lowest BCUT2D eigenvalue weighted by Gasteiger charge is -2.30. The molecule has 2 aliphatic rings. The molecule has 1 heterocycles. The highest BCUT2D eigenvalue weighted by atomic mass is 19.1. The first kappa shape index (κ1) is 32.7. The second kappa shape index (κ2) is 15.4. The maximum absolute atomic E-state index is 13.6. The molecule has 1 aromatic rings. The fourth-order valence-corrected chi connectivity index (χ4v) is 5.45. The van der Waals surface area contributed by atoms with Gasteiger partial charge in [0.05, 0.1) is 33.0 Å². The highest BCUT2D eigenvalue weighted by molar-refractivity contribution is 6.45. The van der Waals surface area contributed by atoms with Gasteiger partial charge in [-0.25, -0.2) is 0 Å². The van der Waals surface area contributed by atoms with Crippen LogP contribution in [0.25, 0.3) is 0 Å². The number of hydrogen-bond donors (Lipinski definition) is 3. The monoisotopic (exact) mass is 569 g/mol. The molecule has 1 aromatic carbocycles. The lowest BCUT2D eigenvalue weighted by Crippen LogP contribution is -2.38. The second-order valence-electron chi connectivity index (χ2n) is 11.3. The molecule has 0 bridgehead atoms. The summed E-state index contributed by atoms with van der Waals surface area (Å²) in [6, 6.07) is 7.55. The molecule has 3 rings (SSSR count). The largest absolute Gasteiger partial charge is 0.498 e. The van der Waals surface area contributed by atoms with E-state index in [1.54, 1.807) is 13.2 Å². The van der Waals surface area contributed by atoms with Gasteiger partial charge in [0.1, 0.15) is 17.6 Å². The number of carbonyl (C=O) groups excluding carboxylic acids is 1. The van der Waals surface area contributed by atoms with Crippen LogP contribution in [0.4, 0.5) is 4.39 Å². The third kappa shape index (κ3) is 8.60. The molecule has 5 unspecified atom stereocenters. The molecule has 1 aliphatic carbocycles. The van der Waals surface area contributed by atoms with E-state index in [0.717, 1.165) is 35.6 Å². The summed E-state index contributed by atoms with van der Waals surface area (Å²) in [6.45, 7) is 13.7. The molecule has 0 aromatic heterocycles. The zero-order valence-corrected chi connectivity index (χ0v) is 25.4. The summed E-state index contributed by atoms with van der Waals surface area (Å²) in [5.41, 5.74) is 3.04. The number of carbonyl (C=O) groups is 1. The van der Waals surface area contributed by atoms with Crippen molar-refractivity contribution in [2.24, 2.45) is 11.3 Å². The maximum atomic E-state index is 13.6. The molecule has 1 fully saturated rings. The topological polar surface area (TPSA) is 92.7 Å². The molecule has 0 saturated carbocycles. The van der Waals surface area contributed by atoms with Crippen LogP contribution in [0.5, 0.6) is 0 Å². The van der Waals surface area contributed by atoms with Gasteiger partial charge in [0, 0.05) is 47.9 Å². The summed E-state index contributed by atoms with van der Waals surface area (Å²) in [7, 11) is 1.67. The third-order valence-corrected chi connectivity index (χ3v) is 8.34. The average molecular weight is 570 g/mol. The lowest BCUT2D eigenvalue weighted by atomic mass is 9.81. The summed E-state index contributed by atoms with van der Waals surface area (Å²) in [4.78, 5) is 12.9. The molecule has 3 N–H and O–H groups in total. The normalized spacial score (nSPS) is 24.0. The van der Waals surface area contributed by atoms with Crippen LogP contribution >= 0.6 is 0 Å². The van der Waals surface area contributed by atoms with E-state index < -0.39 is 12.1 Å². The van der Waals surface area contributed by atoms with Gasteiger partial charge in [-0.2, -0.15) is 0 Å². The number of Topliss-reactive ketones (excluding diaryl/α,β-unsaturated/α-hetero) is 1. The smallest absolute Gasteiger partial charge is 0.194 e. The first-order valence-electron chi connectivity index (χ1n) is 14.8. The number of methoxy groups -OCH3 is 1. The summed E-state index contributed by atoms with van der Waals surface area (Å²) in [6.07, 6.45) is 6.52.